The number of rotatable bonds is 7. The standard InChI is InChI=1S/C16H19N3O/c1-3-10-18(11-4-2)16(20)9-12-19-13-17-14-7-5-6-8-15(14)19/h3-8,13H,1-2,9-12H2. The number of benzene rings is 1. The number of aryl methyl sites for hydroxylation is 1. The fraction of sp³-hybridized carbons (Fsp3) is 0.250. The summed E-state index contributed by atoms with van der Waals surface area (Å²) in [5, 5.41) is 0. The summed E-state index contributed by atoms with van der Waals surface area (Å²) >= 11 is 0. The predicted octanol–water partition coefficient (Wildman–Crippen LogP) is 2.63. The van der Waals surface area contributed by atoms with Crippen LogP contribution in [0.2, 0.25) is 0 Å². The number of para-hydroxylation sites is 2. The minimum absolute atomic E-state index is 0.0996. The molecule has 1 amide bonds. The minimum Gasteiger partial charge on any atom is -0.335 e. The molecule has 0 fully saturated rings. The summed E-state index contributed by atoms with van der Waals surface area (Å²) in [7, 11) is 0. The Bertz CT molecular complexity index is 605. The first kappa shape index (κ1) is 14.1. The van der Waals surface area contributed by atoms with Crippen LogP contribution in [0.4, 0.5) is 0 Å². The fourth-order valence-electron chi connectivity index (χ4n) is 2.15. The van der Waals surface area contributed by atoms with E-state index in [1.165, 1.54) is 0 Å². The summed E-state index contributed by atoms with van der Waals surface area (Å²) < 4.78 is 2.01. The molecule has 0 aliphatic heterocycles. The van der Waals surface area contributed by atoms with Crippen LogP contribution in [-0.2, 0) is 11.3 Å². The summed E-state index contributed by atoms with van der Waals surface area (Å²) in [5.41, 5.74) is 2.01. The Morgan fingerprint density at radius 2 is 1.95 bits per heavy atom. The smallest absolute Gasteiger partial charge is 0.224 e. The van der Waals surface area contributed by atoms with Crippen LogP contribution in [0.5, 0.6) is 0 Å². The van der Waals surface area contributed by atoms with Crippen LogP contribution >= 0.6 is 0 Å². The maximum atomic E-state index is 12.2. The van der Waals surface area contributed by atoms with E-state index < -0.39 is 0 Å². The highest BCUT2D eigenvalue weighted by Crippen LogP contribution is 2.12. The lowest BCUT2D eigenvalue weighted by atomic mass is 10.3. The number of carbonyl (C=O) groups is 1. The van der Waals surface area contributed by atoms with Gasteiger partial charge in [-0.15, -0.1) is 13.2 Å². The van der Waals surface area contributed by atoms with Crippen molar-refractivity contribution >= 4 is 16.9 Å². The molecule has 0 atom stereocenters. The van der Waals surface area contributed by atoms with Gasteiger partial charge in [0.05, 0.1) is 17.4 Å². The summed E-state index contributed by atoms with van der Waals surface area (Å²) in [5.74, 6) is 0.0996. The van der Waals surface area contributed by atoms with Crippen LogP contribution in [0.15, 0.2) is 55.9 Å². The van der Waals surface area contributed by atoms with Gasteiger partial charge >= 0.3 is 0 Å². The average Bonchev–Trinajstić information content (AvgIpc) is 2.88. The third kappa shape index (κ3) is 3.15. The second kappa shape index (κ2) is 6.70. The number of amides is 1. The molecule has 0 spiro atoms. The number of aromatic nitrogens is 2. The van der Waals surface area contributed by atoms with Crippen LogP contribution in [-0.4, -0.2) is 33.4 Å². The highest BCUT2D eigenvalue weighted by atomic mass is 16.2. The van der Waals surface area contributed by atoms with Gasteiger partial charge in [-0.25, -0.2) is 4.98 Å². The molecule has 4 nitrogen and oxygen atoms in total. The van der Waals surface area contributed by atoms with E-state index in [4.69, 9.17) is 0 Å². The van der Waals surface area contributed by atoms with E-state index in [1.54, 1.807) is 23.4 Å². The zero-order valence-electron chi connectivity index (χ0n) is 11.5. The first-order valence-electron chi connectivity index (χ1n) is 6.65. The largest absolute Gasteiger partial charge is 0.335 e. The predicted molar refractivity (Wildman–Crippen MR) is 81.3 cm³/mol. The lowest BCUT2D eigenvalue weighted by Crippen LogP contribution is -2.31. The number of hydrogen-bond donors (Lipinski definition) is 0. The van der Waals surface area contributed by atoms with Crippen molar-refractivity contribution in [3.63, 3.8) is 0 Å². The van der Waals surface area contributed by atoms with E-state index in [0.717, 1.165) is 11.0 Å². The molecule has 20 heavy (non-hydrogen) atoms. The molecular formula is C16H19N3O. The molecule has 0 unspecified atom stereocenters. The van der Waals surface area contributed by atoms with Gasteiger partial charge < -0.3 is 9.47 Å². The van der Waals surface area contributed by atoms with Gasteiger partial charge in [-0.1, -0.05) is 24.3 Å². The monoisotopic (exact) mass is 269 g/mol. The molecule has 0 radical (unpaired) electrons. The average molecular weight is 269 g/mol. The summed E-state index contributed by atoms with van der Waals surface area (Å²) in [6.45, 7) is 9.08. The molecule has 2 rings (SSSR count). The highest BCUT2D eigenvalue weighted by molar-refractivity contribution is 5.77. The second-order valence-electron chi connectivity index (χ2n) is 4.55. The van der Waals surface area contributed by atoms with Gasteiger partial charge in [0.15, 0.2) is 0 Å². The Hall–Kier alpha value is -2.36. The topological polar surface area (TPSA) is 38.1 Å². The Kier molecular flexibility index (Phi) is 4.71. The third-order valence-electron chi connectivity index (χ3n) is 3.15. The molecule has 2 aromatic rings. The quantitative estimate of drug-likeness (QED) is 0.725. The van der Waals surface area contributed by atoms with Crippen LogP contribution in [0.1, 0.15) is 6.42 Å². The molecule has 1 aromatic carbocycles. The SMILES string of the molecule is C=CCN(CC=C)C(=O)CCn1cnc2ccccc21. The molecule has 0 saturated carbocycles. The normalized spacial score (nSPS) is 10.4. The second-order valence-corrected chi connectivity index (χ2v) is 4.55. The first-order chi connectivity index (χ1) is 9.76. The first-order valence-corrected chi connectivity index (χ1v) is 6.65. The van der Waals surface area contributed by atoms with E-state index in [-0.39, 0.29) is 5.91 Å². The molecule has 0 bridgehead atoms. The fourth-order valence-corrected chi connectivity index (χ4v) is 2.15. The van der Waals surface area contributed by atoms with Crippen molar-refractivity contribution in [2.75, 3.05) is 13.1 Å². The summed E-state index contributed by atoms with van der Waals surface area (Å²) in [4.78, 5) is 18.2. The van der Waals surface area contributed by atoms with Crippen molar-refractivity contribution in [3.8, 4) is 0 Å². The van der Waals surface area contributed by atoms with Crippen molar-refractivity contribution in [3.05, 3.63) is 55.9 Å². The Labute approximate surface area is 119 Å². The molecule has 0 aliphatic rings. The van der Waals surface area contributed by atoms with Gasteiger partial charge in [0.25, 0.3) is 0 Å². The molecule has 1 aromatic heterocycles. The number of hydrogen-bond acceptors (Lipinski definition) is 2. The van der Waals surface area contributed by atoms with Crippen LogP contribution in [0.3, 0.4) is 0 Å². The lowest BCUT2D eigenvalue weighted by Gasteiger charge is -2.19. The van der Waals surface area contributed by atoms with E-state index in [2.05, 4.69) is 18.1 Å². The number of carbonyl (C=O) groups excluding carboxylic acids is 1. The maximum Gasteiger partial charge on any atom is 0.224 e. The zero-order valence-corrected chi connectivity index (χ0v) is 11.5. The number of imidazole rings is 1. The van der Waals surface area contributed by atoms with Gasteiger partial charge in [0, 0.05) is 26.1 Å². The maximum absolute atomic E-state index is 12.2. The molecule has 0 saturated heterocycles. The van der Waals surface area contributed by atoms with Crippen molar-refractivity contribution in [2.24, 2.45) is 0 Å². The third-order valence-corrected chi connectivity index (χ3v) is 3.15. The van der Waals surface area contributed by atoms with Crippen molar-refractivity contribution in [1.29, 1.82) is 0 Å². The van der Waals surface area contributed by atoms with Crippen molar-refractivity contribution in [2.45, 2.75) is 13.0 Å². The summed E-state index contributed by atoms with van der Waals surface area (Å²) in [6.07, 6.45) is 5.69. The molecule has 1 heterocycles. The van der Waals surface area contributed by atoms with Crippen LogP contribution in [0, 0.1) is 0 Å². The Balaban J connectivity index is 2.02. The Morgan fingerprint density at radius 1 is 1.25 bits per heavy atom. The molecular weight excluding hydrogens is 250 g/mol. The zero-order chi connectivity index (χ0) is 14.4. The Morgan fingerprint density at radius 3 is 2.65 bits per heavy atom. The van der Waals surface area contributed by atoms with Gasteiger partial charge in [0.2, 0.25) is 5.91 Å². The lowest BCUT2D eigenvalue weighted by molar-refractivity contribution is -0.130. The van der Waals surface area contributed by atoms with Crippen molar-refractivity contribution in [1.82, 2.24) is 14.5 Å². The van der Waals surface area contributed by atoms with Gasteiger partial charge in [0.1, 0.15) is 0 Å². The summed E-state index contributed by atoms with van der Waals surface area (Å²) in [6, 6.07) is 7.91. The minimum atomic E-state index is 0.0996. The van der Waals surface area contributed by atoms with Gasteiger partial charge in [-0.3, -0.25) is 4.79 Å². The van der Waals surface area contributed by atoms with Gasteiger partial charge in [-0.05, 0) is 12.1 Å². The van der Waals surface area contributed by atoms with E-state index >= 15 is 0 Å². The van der Waals surface area contributed by atoms with E-state index in [9.17, 15) is 4.79 Å². The molecule has 4 heteroatoms. The van der Waals surface area contributed by atoms with E-state index in [1.807, 2.05) is 28.8 Å². The molecule has 0 aliphatic carbocycles. The number of fused-ring (bicyclic) bond motifs is 1. The number of nitrogens with zero attached hydrogens (tertiary/aromatic N) is 3. The van der Waals surface area contributed by atoms with Crippen LogP contribution < -0.4 is 0 Å². The molecule has 0 N–H and O–H groups in total. The van der Waals surface area contributed by atoms with Crippen LogP contribution in [0.25, 0.3) is 11.0 Å². The molecule has 104 valence electrons. The highest BCUT2D eigenvalue weighted by Gasteiger charge is 2.11. The van der Waals surface area contributed by atoms with Gasteiger partial charge in [-0.2, -0.15) is 0 Å². The van der Waals surface area contributed by atoms with Crippen molar-refractivity contribution < 1.29 is 4.79 Å². The van der Waals surface area contributed by atoms with E-state index in [0.29, 0.717) is 26.1 Å².